The van der Waals surface area contributed by atoms with Gasteiger partial charge in [-0.25, -0.2) is 8.42 Å². The molecule has 6 rings (SSSR count). The maximum atomic E-state index is 14.2. The van der Waals surface area contributed by atoms with Gasteiger partial charge in [0.2, 0.25) is 11.8 Å². The highest BCUT2D eigenvalue weighted by atomic mass is 32.2. The molecule has 0 spiro atoms. The van der Waals surface area contributed by atoms with E-state index in [1.165, 1.54) is 41.2 Å². The Bertz CT molecular complexity index is 2930. The molecule has 0 fully saturated rings. The number of carbonyl (C=O) groups is 4. The van der Waals surface area contributed by atoms with Crippen molar-refractivity contribution < 1.29 is 50.0 Å². The van der Waals surface area contributed by atoms with Crippen molar-refractivity contribution in [2.45, 2.75) is 57.4 Å². The third-order valence-electron chi connectivity index (χ3n) is 12.3. The molecule has 0 saturated heterocycles. The van der Waals surface area contributed by atoms with E-state index in [-0.39, 0.29) is 99.3 Å². The molecule has 1 atom stereocenters. The van der Waals surface area contributed by atoms with Gasteiger partial charge >= 0.3 is 0 Å². The molecular weight excluding hydrogens is 943 g/mol. The van der Waals surface area contributed by atoms with Crippen molar-refractivity contribution in [2.75, 3.05) is 69.5 Å². The third-order valence-corrected chi connectivity index (χ3v) is 14.9. The van der Waals surface area contributed by atoms with Gasteiger partial charge < -0.3 is 24.2 Å². The standard InChI is InChI=1S/C55H61N3O11S2/c1-41-13-17-43(18-14-41)19-20-49(40-70(63,64)50-27-15-42(2)16-28-50)54(61)46-23-25-47(26-24-46)55(62)57(34-35-69-37-36-68-3)33-29-52(59)56(31-8-38-71(65,66)67)32-30-53(60)58-39-48-11-5-4-9-44(48)21-22-45-10-6-7-12-51(45)58/h4-7,9-18,23-28,49H,8,19-20,29-40H2,1-3H3,(H,65,66,67). The molecule has 0 aliphatic carbocycles. The Morgan fingerprint density at radius 3 is 2.00 bits per heavy atom. The number of sulfone groups is 1. The van der Waals surface area contributed by atoms with Crippen LogP contribution in [-0.4, -0.2) is 119 Å². The SMILES string of the molecule is COCCOCCN(CCC(=O)N(CCCS(=O)(=O)O)CCC(=O)N1Cc2ccccc2C#Cc2ccccc21)C(=O)c1ccc(C(=O)C(CCc2ccc(C)cc2)CS(=O)(=O)c2ccc(C)cc2)cc1. The summed E-state index contributed by atoms with van der Waals surface area (Å²) >= 11 is 0. The van der Waals surface area contributed by atoms with E-state index in [4.69, 9.17) is 9.47 Å². The van der Waals surface area contributed by atoms with Crippen LogP contribution in [-0.2, 0) is 52.0 Å². The fourth-order valence-electron chi connectivity index (χ4n) is 8.18. The first kappa shape index (κ1) is 53.9. The van der Waals surface area contributed by atoms with Gasteiger partial charge in [0.25, 0.3) is 16.0 Å². The molecule has 1 unspecified atom stereocenters. The van der Waals surface area contributed by atoms with Crippen LogP contribution in [0.15, 0.2) is 126 Å². The zero-order valence-corrected chi connectivity index (χ0v) is 42.1. The molecule has 71 heavy (non-hydrogen) atoms. The highest BCUT2D eigenvalue weighted by Crippen LogP contribution is 2.27. The number of hydrogen-bond acceptors (Lipinski definition) is 10. The maximum absolute atomic E-state index is 14.2. The Balaban J connectivity index is 1.17. The average Bonchev–Trinajstić information content (AvgIpc) is 3.35. The Hall–Kier alpha value is -6.48. The second-order valence-corrected chi connectivity index (χ2v) is 21.2. The molecule has 0 radical (unpaired) electrons. The van der Waals surface area contributed by atoms with Gasteiger partial charge in [-0.15, -0.1) is 0 Å². The largest absolute Gasteiger partial charge is 0.382 e. The van der Waals surface area contributed by atoms with Crippen LogP contribution in [0.4, 0.5) is 5.69 Å². The lowest BCUT2D eigenvalue weighted by Crippen LogP contribution is -2.41. The van der Waals surface area contributed by atoms with Gasteiger partial charge in [0, 0.05) is 74.3 Å². The number of Topliss-reactive ketones (excluding diaryl/α,β-unsaturated/α-hetero) is 1. The summed E-state index contributed by atoms with van der Waals surface area (Å²) < 4.78 is 71.0. The Kier molecular flexibility index (Phi) is 19.4. The summed E-state index contributed by atoms with van der Waals surface area (Å²) in [6.45, 7) is 4.60. The van der Waals surface area contributed by atoms with Crippen LogP contribution < -0.4 is 4.90 Å². The van der Waals surface area contributed by atoms with E-state index in [0.29, 0.717) is 24.3 Å². The predicted molar refractivity (Wildman–Crippen MR) is 272 cm³/mol. The molecule has 3 amide bonds. The number of hydrogen-bond donors (Lipinski definition) is 1. The van der Waals surface area contributed by atoms with Crippen molar-refractivity contribution in [2.24, 2.45) is 5.92 Å². The molecule has 1 N–H and O–H groups in total. The van der Waals surface area contributed by atoms with Crippen molar-refractivity contribution in [3.8, 4) is 11.8 Å². The number of rotatable bonds is 25. The minimum atomic E-state index is -4.35. The van der Waals surface area contributed by atoms with Crippen LogP contribution in [0.5, 0.6) is 0 Å². The van der Waals surface area contributed by atoms with Crippen LogP contribution in [0.1, 0.15) is 79.8 Å². The molecule has 1 aliphatic heterocycles. The van der Waals surface area contributed by atoms with Crippen LogP contribution >= 0.6 is 0 Å². The first-order valence-electron chi connectivity index (χ1n) is 23.6. The number of ketones is 1. The number of benzene rings is 5. The Labute approximate surface area is 417 Å². The minimum Gasteiger partial charge on any atom is -0.382 e. The number of methoxy groups -OCH3 is 1. The van der Waals surface area contributed by atoms with Crippen LogP contribution in [0.25, 0.3) is 0 Å². The van der Waals surface area contributed by atoms with E-state index >= 15 is 0 Å². The Morgan fingerprint density at radius 1 is 0.690 bits per heavy atom. The van der Waals surface area contributed by atoms with E-state index in [1.807, 2.05) is 86.6 Å². The molecule has 14 nitrogen and oxygen atoms in total. The quantitative estimate of drug-likeness (QED) is 0.0271. The molecule has 0 saturated carbocycles. The zero-order valence-electron chi connectivity index (χ0n) is 40.4. The molecule has 0 aromatic heterocycles. The van der Waals surface area contributed by atoms with Gasteiger partial charge in [-0.3, -0.25) is 23.7 Å². The molecule has 5 aromatic carbocycles. The van der Waals surface area contributed by atoms with E-state index < -0.39 is 49.2 Å². The predicted octanol–water partition coefficient (Wildman–Crippen LogP) is 7.15. The summed E-state index contributed by atoms with van der Waals surface area (Å²) in [6.07, 6.45) is 0.333. The zero-order chi connectivity index (χ0) is 51.0. The molecule has 5 aromatic rings. The summed E-state index contributed by atoms with van der Waals surface area (Å²) in [5.74, 6) is 2.90. The lowest BCUT2D eigenvalue weighted by Gasteiger charge is -2.29. The van der Waals surface area contributed by atoms with Gasteiger partial charge in [-0.1, -0.05) is 102 Å². The summed E-state index contributed by atoms with van der Waals surface area (Å²) in [7, 11) is -6.66. The number of anilines is 1. The fourth-order valence-corrected chi connectivity index (χ4v) is 10.3. The topological polar surface area (TPSA) is 185 Å². The highest BCUT2D eigenvalue weighted by Gasteiger charge is 2.29. The molecule has 1 heterocycles. The van der Waals surface area contributed by atoms with Gasteiger partial charge in [0.05, 0.1) is 48.5 Å². The summed E-state index contributed by atoms with van der Waals surface area (Å²) in [5, 5.41) is 0. The first-order chi connectivity index (χ1) is 34.0. The number of para-hydroxylation sites is 1. The first-order valence-corrected chi connectivity index (χ1v) is 26.8. The highest BCUT2D eigenvalue weighted by molar-refractivity contribution is 7.91. The number of fused-ring (bicyclic) bond motifs is 2. The summed E-state index contributed by atoms with van der Waals surface area (Å²) in [4.78, 5) is 61.2. The number of amides is 3. The molecule has 0 bridgehead atoms. The van der Waals surface area contributed by atoms with Gasteiger partial charge in [-0.05, 0) is 86.7 Å². The number of aryl methyl sites for hydroxylation is 3. The lowest BCUT2D eigenvalue weighted by atomic mass is 9.92. The normalized spacial score (nSPS) is 12.6. The van der Waals surface area contributed by atoms with Crippen molar-refractivity contribution in [1.29, 1.82) is 0 Å². The van der Waals surface area contributed by atoms with Crippen molar-refractivity contribution in [3.05, 3.63) is 166 Å². The van der Waals surface area contributed by atoms with Crippen molar-refractivity contribution >= 4 is 49.1 Å². The van der Waals surface area contributed by atoms with E-state index in [0.717, 1.165) is 27.8 Å². The third kappa shape index (κ3) is 16.0. The lowest BCUT2D eigenvalue weighted by molar-refractivity contribution is -0.132. The molecule has 1 aliphatic rings. The molecule has 374 valence electrons. The van der Waals surface area contributed by atoms with E-state index in [9.17, 15) is 40.6 Å². The van der Waals surface area contributed by atoms with Gasteiger partial charge in [0.15, 0.2) is 15.6 Å². The van der Waals surface area contributed by atoms with Crippen LogP contribution in [0, 0.1) is 31.6 Å². The van der Waals surface area contributed by atoms with Crippen molar-refractivity contribution in [3.63, 3.8) is 0 Å². The van der Waals surface area contributed by atoms with Gasteiger partial charge in [0.1, 0.15) is 0 Å². The summed E-state index contributed by atoms with van der Waals surface area (Å²) in [6, 6.07) is 35.3. The van der Waals surface area contributed by atoms with E-state index in [2.05, 4.69) is 11.8 Å². The molecule has 16 heteroatoms. The second-order valence-electron chi connectivity index (χ2n) is 17.6. The fraction of sp³-hybridized carbons (Fsp3) is 0.345. The smallest absolute Gasteiger partial charge is 0.264 e. The van der Waals surface area contributed by atoms with Crippen molar-refractivity contribution in [1.82, 2.24) is 9.80 Å². The monoisotopic (exact) mass is 1000 g/mol. The number of nitrogens with zero attached hydrogens (tertiary/aromatic N) is 3. The maximum Gasteiger partial charge on any atom is 0.264 e. The van der Waals surface area contributed by atoms with Gasteiger partial charge in [-0.2, -0.15) is 8.42 Å². The van der Waals surface area contributed by atoms with Crippen LogP contribution in [0.2, 0.25) is 0 Å². The summed E-state index contributed by atoms with van der Waals surface area (Å²) in [5.41, 5.74) is 6.33. The number of ether oxygens (including phenoxy) is 2. The minimum absolute atomic E-state index is 0.0724. The number of carbonyl (C=O) groups excluding carboxylic acids is 4. The van der Waals surface area contributed by atoms with Crippen LogP contribution in [0.3, 0.4) is 0 Å². The van der Waals surface area contributed by atoms with E-state index in [1.54, 1.807) is 29.2 Å². The molecular formula is C55H61N3O11S2. The second kappa shape index (κ2) is 25.6. The average molecular weight is 1000 g/mol. The Morgan fingerprint density at radius 2 is 1.31 bits per heavy atom.